The first kappa shape index (κ1) is 16.1. The molecule has 0 radical (unpaired) electrons. The van der Waals surface area contributed by atoms with Crippen molar-refractivity contribution < 1.29 is 18.3 Å². The molecule has 0 aliphatic heterocycles. The summed E-state index contributed by atoms with van der Waals surface area (Å²) in [6.07, 6.45) is 0.229. The fourth-order valence-corrected chi connectivity index (χ4v) is 2.49. The Hall–Kier alpha value is -2.23. The molecule has 2 aromatic carbocycles. The molecule has 0 saturated heterocycles. The lowest BCUT2D eigenvalue weighted by Gasteiger charge is -2.28. The third-order valence-corrected chi connectivity index (χ3v) is 3.65. The van der Waals surface area contributed by atoms with Gasteiger partial charge in [0.1, 0.15) is 11.6 Å². The quantitative estimate of drug-likeness (QED) is 0.780. The molecule has 1 atom stereocenters. The molecule has 4 heteroatoms. The molecular formula is C18H18F2O2. The summed E-state index contributed by atoms with van der Waals surface area (Å²) in [4.78, 5) is 12.4. The van der Waals surface area contributed by atoms with Crippen LogP contribution in [0.25, 0.3) is 0 Å². The Kier molecular flexibility index (Phi) is 4.91. The van der Waals surface area contributed by atoms with Crippen LogP contribution in [0.1, 0.15) is 25.0 Å². The highest BCUT2D eigenvalue weighted by molar-refractivity contribution is 5.83. The summed E-state index contributed by atoms with van der Waals surface area (Å²) in [5.74, 6) is -1.77. The maximum Gasteiger partial charge on any atom is 0.316 e. The molecule has 0 aromatic heterocycles. The fourth-order valence-electron chi connectivity index (χ4n) is 2.49. The van der Waals surface area contributed by atoms with Crippen LogP contribution in [0.2, 0.25) is 0 Å². The number of hydrogen-bond acceptors (Lipinski definition) is 2. The molecule has 0 heterocycles. The second-order valence-electron chi connectivity index (χ2n) is 5.34. The molecule has 2 rings (SSSR count). The van der Waals surface area contributed by atoms with Crippen molar-refractivity contribution in [3.05, 3.63) is 71.3 Å². The average molecular weight is 304 g/mol. The van der Waals surface area contributed by atoms with Gasteiger partial charge in [-0.25, -0.2) is 8.78 Å². The predicted octanol–water partition coefficient (Wildman–Crippen LogP) is 4.03. The Labute approximate surface area is 128 Å². The summed E-state index contributed by atoms with van der Waals surface area (Å²) in [6.45, 7) is 3.44. The van der Waals surface area contributed by atoms with Crippen LogP contribution in [0.3, 0.4) is 0 Å². The summed E-state index contributed by atoms with van der Waals surface area (Å²) in [5, 5.41) is 0. The van der Waals surface area contributed by atoms with Gasteiger partial charge in [0.25, 0.3) is 0 Å². The first-order valence-electron chi connectivity index (χ1n) is 7.14. The van der Waals surface area contributed by atoms with Crippen molar-refractivity contribution in [1.29, 1.82) is 0 Å². The highest BCUT2D eigenvalue weighted by atomic mass is 19.1. The van der Waals surface area contributed by atoms with Gasteiger partial charge in [-0.1, -0.05) is 30.3 Å². The Balaban J connectivity index is 2.50. The lowest BCUT2D eigenvalue weighted by molar-refractivity contribution is -0.149. The SMILES string of the molecule is CCOC(=O)C(C)(Cc1ccccc1)c1cc(F)ccc1F. The molecule has 2 nitrogen and oxygen atoms in total. The molecule has 0 amide bonds. The van der Waals surface area contributed by atoms with E-state index in [0.717, 1.165) is 23.8 Å². The zero-order valence-electron chi connectivity index (χ0n) is 12.6. The van der Waals surface area contributed by atoms with Crippen LogP contribution >= 0.6 is 0 Å². The van der Waals surface area contributed by atoms with E-state index < -0.39 is 23.0 Å². The van der Waals surface area contributed by atoms with Gasteiger partial charge in [0.2, 0.25) is 0 Å². The topological polar surface area (TPSA) is 26.3 Å². The number of hydrogen-bond donors (Lipinski definition) is 0. The highest BCUT2D eigenvalue weighted by Crippen LogP contribution is 2.32. The second-order valence-corrected chi connectivity index (χ2v) is 5.34. The molecule has 0 saturated carbocycles. The van der Waals surface area contributed by atoms with Crippen molar-refractivity contribution in [2.75, 3.05) is 6.61 Å². The Bertz CT molecular complexity index is 655. The van der Waals surface area contributed by atoms with Crippen molar-refractivity contribution in [2.24, 2.45) is 0 Å². The number of ether oxygens (including phenoxy) is 1. The van der Waals surface area contributed by atoms with E-state index in [0.29, 0.717) is 0 Å². The summed E-state index contributed by atoms with van der Waals surface area (Å²) in [7, 11) is 0. The van der Waals surface area contributed by atoms with Gasteiger partial charge in [0.15, 0.2) is 0 Å². The largest absolute Gasteiger partial charge is 0.465 e. The smallest absolute Gasteiger partial charge is 0.316 e. The maximum atomic E-state index is 14.2. The monoisotopic (exact) mass is 304 g/mol. The van der Waals surface area contributed by atoms with Crippen LogP contribution in [0.5, 0.6) is 0 Å². The number of benzene rings is 2. The van der Waals surface area contributed by atoms with Gasteiger partial charge in [-0.15, -0.1) is 0 Å². The van der Waals surface area contributed by atoms with E-state index in [1.807, 2.05) is 30.3 Å². The summed E-state index contributed by atoms with van der Waals surface area (Å²) < 4.78 is 32.8. The molecule has 2 aromatic rings. The van der Waals surface area contributed by atoms with Crippen molar-refractivity contribution >= 4 is 5.97 Å². The van der Waals surface area contributed by atoms with Crippen molar-refractivity contribution in [1.82, 2.24) is 0 Å². The van der Waals surface area contributed by atoms with Crippen LogP contribution in [-0.2, 0) is 21.4 Å². The van der Waals surface area contributed by atoms with E-state index in [-0.39, 0.29) is 18.6 Å². The normalized spacial score (nSPS) is 13.5. The lowest BCUT2D eigenvalue weighted by atomic mass is 9.77. The van der Waals surface area contributed by atoms with Crippen molar-refractivity contribution in [3.8, 4) is 0 Å². The van der Waals surface area contributed by atoms with Gasteiger partial charge >= 0.3 is 5.97 Å². The third kappa shape index (κ3) is 3.32. The lowest BCUT2D eigenvalue weighted by Crippen LogP contribution is -2.37. The van der Waals surface area contributed by atoms with Gasteiger partial charge in [-0.2, -0.15) is 0 Å². The first-order valence-corrected chi connectivity index (χ1v) is 7.14. The molecule has 116 valence electrons. The van der Waals surface area contributed by atoms with Crippen LogP contribution in [0.4, 0.5) is 8.78 Å². The minimum absolute atomic E-state index is 0.00908. The predicted molar refractivity (Wildman–Crippen MR) is 80.5 cm³/mol. The van der Waals surface area contributed by atoms with Crippen LogP contribution < -0.4 is 0 Å². The number of halogens is 2. The van der Waals surface area contributed by atoms with E-state index >= 15 is 0 Å². The van der Waals surface area contributed by atoms with E-state index in [9.17, 15) is 13.6 Å². The van der Waals surface area contributed by atoms with E-state index in [4.69, 9.17) is 4.74 Å². The molecule has 0 fully saturated rings. The van der Waals surface area contributed by atoms with Crippen molar-refractivity contribution in [3.63, 3.8) is 0 Å². The van der Waals surface area contributed by atoms with E-state index in [2.05, 4.69) is 0 Å². The van der Waals surface area contributed by atoms with Gasteiger partial charge < -0.3 is 4.74 Å². The number of carbonyl (C=O) groups excluding carboxylic acids is 1. The van der Waals surface area contributed by atoms with E-state index in [1.54, 1.807) is 13.8 Å². The third-order valence-electron chi connectivity index (χ3n) is 3.65. The maximum absolute atomic E-state index is 14.2. The fraction of sp³-hybridized carbons (Fsp3) is 0.278. The number of carbonyl (C=O) groups is 1. The highest BCUT2D eigenvalue weighted by Gasteiger charge is 2.39. The Morgan fingerprint density at radius 2 is 1.82 bits per heavy atom. The summed E-state index contributed by atoms with van der Waals surface area (Å²) >= 11 is 0. The minimum Gasteiger partial charge on any atom is -0.465 e. The molecule has 0 aliphatic carbocycles. The minimum atomic E-state index is -1.29. The van der Waals surface area contributed by atoms with Crippen LogP contribution in [0, 0.1) is 11.6 Å². The van der Waals surface area contributed by atoms with Gasteiger partial charge in [-0.3, -0.25) is 4.79 Å². The molecule has 0 N–H and O–H groups in total. The Morgan fingerprint density at radius 3 is 2.45 bits per heavy atom. The average Bonchev–Trinajstić information content (AvgIpc) is 2.50. The molecule has 0 spiro atoms. The van der Waals surface area contributed by atoms with E-state index in [1.165, 1.54) is 0 Å². The molecule has 22 heavy (non-hydrogen) atoms. The van der Waals surface area contributed by atoms with Gasteiger partial charge in [-0.05, 0) is 44.0 Å². The Morgan fingerprint density at radius 1 is 1.14 bits per heavy atom. The second kappa shape index (κ2) is 6.69. The van der Waals surface area contributed by atoms with Crippen LogP contribution in [0.15, 0.2) is 48.5 Å². The zero-order chi connectivity index (χ0) is 16.2. The van der Waals surface area contributed by atoms with Gasteiger partial charge in [0.05, 0.1) is 12.0 Å². The summed E-state index contributed by atoms with van der Waals surface area (Å²) in [5.41, 5.74) is -0.430. The standard InChI is InChI=1S/C18H18F2O2/c1-3-22-17(21)18(2,12-13-7-5-4-6-8-13)15-11-14(19)9-10-16(15)20/h4-11H,3,12H2,1-2H3. The first-order chi connectivity index (χ1) is 10.5. The molecule has 1 unspecified atom stereocenters. The molecular weight excluding hydrogens is 286 g/mol. The number of esters is 1. The molecule has 0 bridgehead atoms. The van der Waals surface area contributed by atoms with Crippen molar-refractivity contribution in [2.45, 2.75) is 25.7 Å². The zero-order valence-corrected chi connectivity index (χ0v) is 12.6. The van der Waals surface area contributed by atoms with Gasteiger partial charge in [0, 0.05) is 5.56 Å². The molecule has 0 aliphatic rings. The number of rotatable bonds is 5. The summed E-state index contributed by atoms with van der Waals surface area (Å²) in [6, 6.07) is 12.3. The van der Waals surface area contributed by atoms with Crippen LogP contribution in [-0.4, -0.2) is 12.6 Å².